The Hall–Kier alpha value is -4.39. The maximum atomic E-state index is 12.9. The normalized spacial score (nSPS) is 11.0. The van der Waals surface area contributed by atoms with Gasteiger partial charge in [-0.3, -0.25) is 4.90 Å². The van der Waals surface area contributed by atoms with Gasteiger partial charge in [-0.1, -0.05) is 6.07 Å². The van der Waals surface area contributed by atoms with E-state index in [1.807, 2.05) is 80.0 Å². The molecule has 0 unspecified atom stereocenters. The van der Waals surface area contributed by atoms with Gasteiger partial charge in [0.25, 0.3) is 0 Å². The molecular weight excluding hydrogens is 412 g/mol. The van der Waals surface area contributed by atoms with E-state index < -0.39 is 0 Å². The Bertz CT molecular complexity index is 1440. The van der Waals surface area contributed by atoms with Crippen molar-refractivity contribution in [3.63, 3.8) is 0 Å². The third-order valence-electron chi connectivity index (χ3n) is 5.80. The molecule has 3 heterocycles. The highest BCUT2D eigenvalue weighted by molar-refractivity contribution is 6.02. The van der Waals surface area contributed by atoms with E-state index in [0.717, 1.165) is 39.5 Å². The van der Waals surface area contributed by atoms with Crippen molar-refractivity contribution in [2.75, 3.05) is 17.3 Å². The van der Waals surface area contributed by atoms with Crippen molar-refractivity contribution >= 4 is 28.4 Å². The summed E-state index contributed by atoms with van der Waals surface area (Å²) in [6.45, 7) is 4.09. The molecule has 0 aliphatic rings. The first-order chi connectivity index (χ1) is 16.0. The SMILES string of the molecule is Cc1ccc(N(C)C(=O)Nc2ccc3nc(-c4ccc[nH]4)c(-c4ccc[nH]4)nc3c2)cc1C. The Labute approximate surface area is 191 Å². The number of rotatable bonds is 4. The van der Waals surface area contributed by atoms with Gasteiger partial charge in [0.15, 0.2) is 0 Å². The molecule has 5 rings (SSSR count). The van der Waals surface area contributed by atoms with Crippen molar-refractivity contribution in [1.82, 2.24) is 19.9 Å². The minimum absolute atomic E-state index is 0.224. The summed E-state index contributed by atoms with van der Waals surface area (Å²) in [5, 5.41) is 2.97. The minimum Gasteiger partial charge on any atom is -0.360 e. The van der Waals surface area contributed by atoms with Crippen LogP contribution in [0.1, 0.15) is 11.1 Å². The summed E-state index contributed by atoms with van der Waals surface area (Å²) >= 11 is 0. The van der Waals surface area contributed by atoms with E-state index in [0.29, 0.717) is 11.2 Å². The first-order valence-corrected chi connectivity index (χ1v) is 10.7. The Morgan fingerprint density at radius 3 is 2.09 bits per heavy atom. The quantitative estimate of drug-likeness (QED) is 0.327. The minimum atomic E-state index is -0.224. The second-order valence-electron chi connectivity index (χ2n) is 8.05. The molecule has 0 bridgehead atoms. The molecule has 0 saturated heterocycles. The molecule has 2 aromatic carbocycles. The fraction of sp³-hybridized carbons (Fsp3) is 0.115. The third kappa shape index (κ3) is 3.96. The van der Waals surface area contributed by atoms with Crippen LogP contribution in [0, 0.1) is 13.8 Å². The van der Waals surface area contributed by atoms with Crippen molar-refractivity contribution in [3.05, 3.63) is 84.2 Å². The van der Waals surface area contributed by atoms with E-state index in [1.54, 1.807) is 11.9 Å². The Balaban J connectivity index is 1.48. The standard InChI is InChI=1S/C26H24N6O/c1-16-8-10-19(14-17(16)2)32(3)26(33)29-18-9-11-20-23(15-18)31-25(22-7-5-13-28-22)24(30-20)21-6-4-12-27-21/h4-15,27-28H,1-3H3,(H,29,33). The molecule has 0 spiro atoms. The lowest BCUT2D eigenvalue weighted by Gasteiger charge is -2.19. The molecule has 0 saturated carbocycles. The van der Waals surface area contributed by atoms with Crippen LogP contribution in [-0.2, 0) is 0 Å². The van der Waals surface area contributed by atoms with Crippen LogP contribution in [0.4, 0.5) is 16.2 Å². The van der Waals surface area contributed by atoms with Gasteiger partial charge in [0.05, 0.1) is 22.4 Å². The highest BCUT2D eigenvalue weighted by Crippen LogP contribution is 2.30. The topological polar surface area (TPSA) is 89.7 Å². The maximum Gasteiger partial charge on any atom is 0.326 e. The summed E-state index contributed by atoms with van der Waals surface area (Å²) in [6, 6.07) is 19.1. The molecule has 0 aliphatic heterocycles. The molecule has 7 nitrogen and oxygen atoms in total. The zero-order valence-corrected chi connectivity index (χ0v) is 18.7. The van der Waals surface area contributed by atoms with Crippen LogP contribution in [0.3, 0.4) is 0 Å². The van der Waals surface area contributed by atoms with E-state index in [4.69, 9.17) is 9.97 Å². The van der Waals surface area contributed by atoms with Crippen molar-refractivity contribution in [1.29, 1.82) is 0 Å². The molecule has 3 aromatic heterocycles. The van der Waals surface area contributed by atoms with Crippen LogP contribution < -0.4 is 10.2 Å². The monoisotopic (exact) mass is 436 g/mol. The molecule has 0 fully saturated rings. The average molecular weight is 437 g/mol. The van der Waals surface area contributed by atoms with Gasteiger partial charge in [-0.25, -0.2) is 14.8 Å². The number of aromatic amines is 2. The number of aromatic nitrogens is 4. The summed E-state index contributed by atoms with van der Waals surface area (Å²) in [5.41, 5.74) is 8.53. The van der Waals surface area contributed by atoms with Gasteiger partial charge >= 0.3 is 6.03 Å². The molecule has 164 valence electrons. The van der Waals surface area contributed by atoms with E-state index in [9.17, 15) is 4.79 Å². The summed E-state index contributed by atoms with van der Waals surface area (Å²) in [6.07, 6.45) is 3.73. The van der Waals surface area contributed by atoms with Gasteiger partial charge in [0.1, 0.15) is 11.4 Å². The molecule has 5 aromatic rings. The number of amides is 2. The van der Waals surface area contributed by atoms with E-state index in [2.05, 4.69) is 22.2 Å². The van der Waals surface area contributed by atoms with Gasteiger partial charge in [-0.2, -0.15) is 0 Å². The number of carbonyl (C=O) groups is 1. The van der Waals surface area contributed by atoms with Crippen molar-refractivity contribution in [3.8, 4) is 22.8 Å². The first-order valence-electron chi connectivity index (χ1n) is 10.7. The van der Waals surface area contributed by atoms with Gasteiger partial charge in [-0.05, 0) is 79.6 Å². The fourth-order valence-electron chi connectivity index (χ4n) is 3.72. The van der Waals surface area contributed by atoms with Crippen LogP contribution in [0.2, 0.25) is 0 Å². The molecule has 0 aliphatic carbocycles. The van der Waals surface area contributed by atoms with Crippen molar-refractivity contribution < 1.29 is 4.79 Å². The molecule has 0 atom stereocenters. The second kappa shape index (κ2) is 8.27. The number of hydrogen-bond acceptors (Lipinski definition) is 3. The Morgan fingerprint density at radius 1 is 0.818 bits per heavy atom. The van der Waals surface area contributed by atoms with E-state index in [-0.39, 0.29) is 6.03 Å². The number of H-pyrrole nitrogens is 2. The predicted molar refractivity (Wildman–Crippen MR) is 132 cm³/mol. The van der Waals surface area contributed by atoms with Crippen LogP contribution in [0.15, 0.2) is 73.1 Å². The van der Waals surface area contributed by atoms with Crippen LogP contribution in [-0.4, -0.2) is 33.0 Å². The lowest BCUT2D eigenvalue weighted by atomic mass is 10.1. The lowest BCUT2D eigenvalue weighted by molar-refractivity contribution is 0.258. The number of benzene rings is 2. The number of fused-ring (bicyclic) bond motifs is 1. The number of urea groups is 1. The van der Waals surface area contributed by atoms with Gasteiger partial charge < -0.3 is 15.3 Å². The summed E-state index contributed by atoms with van der Waals surface area (Å²) in [7, 11) is 1.76. The summed E-state index contributed by atoms with van der Waals surface area (Å²) < 4.78 is 0. The zero-order valence-electron chi connectivity index (χ0n) is 18.7. The lowest BCUT2D eigenvalue weighted by Crippen LogP contribution is -2.31. The number of carbonyl (C=O) groups excluding carboxylic acids is 1. The average Bonchev–Trinajstić information content (AvgIpc) is 3.54. The largest absolute Gasteiger partial charge is 0.360 e. The van der Waals surface area contributed by atoms with E-state index >= 15 is 0 Å². The van der Waals surface area contributed by atoms with Crippen LogP contribution >= 0.6 is 0 Å². The second-order valence-corrected chi connectivity index (χ2v) is 8.05. The molecule has 2 amide bonds. The molecule has 3 N–H and O–H groups in total. The van der Waals surface area contributed by atoms with Crippen LogP contribution in [0.25, 0.3) is 33.8 Å². The maximum absolute atomic E-state index is 12.9. The zero-order chi connectivity index (χ0) is 22.9. The number of aryl methyl sites for hydroxylation is 2. The summed E-state index contributed by atoms with van der Waals surface area (Å²) in [4.78, 5) is 30.7. The number of nitrogens with one attached hydrogen (secondary N) is 3. The first kappa shape index (κ1) is 20.5. The van der Waals surface area contributed by atoms with Crippen molar-refractivity contribution in [2.24, 2.45) is 0 Å². The highest BCUT2D eigenvalue weighted by atomic mass is 16.2. The van der Waals surface area contributed by atoms with Gasteiger partial charge in [0, 0.05) is 30.8 Å². The number of nitrogens with zero attached hydrogens (tertiary/aromatic N) is 3. The Morgan fingerprint density at radius 2 is 1.48 bits per heavy atom. The highest BCUT2D eigenvalue weighted by Gasteiger charge is 2.16. The van der Waals surface area contributed by atoms with E-state index in [1.165, 1.54) is 5.56 Å². The third-order valence-corrected chi connectivity index (χ3v) is 5.80. The molecule has 33 heavy (non-hydrogen) atoms. The van der Waals surface area contributed by atoms with Crippen molar-refractivity contribution in [2.45, 2.75) is 13.8 Å². The predicted octanol–water partition coefficient (Wildman–Crippen LogP) is 5.91. The van der Waals surface area contributed by atoms with Gasteiger partial charge in [0.2, 0.25) is 0 Å². The Kier molecular flexibility index (Phi) is 5.14. The smallest absolute Gasteiger partial charge is 0.326 e. The number of hydrogen-bond donors (Lipinski definition) is 3. The van der Waals surface area contributed by atoms with Crippen LogP contribution in [0.5, 0.6) is 0 Å². The summed E-state index contributed by atoms with van der Waals surface area (Å²) in [5.74, 6) is 0. The fourth-order valence-corrected chi connectivity index (χ4v) is 3.72. The number of anilines is 2. The molecular formula is C26H24N6O. The molecule has 0 radical (unpaired) electrons. The van der Waals surface area contributed by atoms with Gasteiger partial charge in [-0.15, -0.1) is 0 Å². The molecule has 7 heteroatoms.